The highest BCUT2D eigenvalue weighted by molar-refractivity contribution is 6.48. The Bertz CT molecular complexity index is 958. The van der Waals surface area contributed by atoms with Crippen molar-refractivity contribution in [1.82, 2.24) is 0 Å². The summed E-state index contributed by atoms with van der Waals surface area (Å²) in [4.78, 5) is 25.0. The minimum absolute atomic E-state index is 0.133. The van der Waals surface area contributed by atoms with E-state index >= 15 is 0 Å². The summed E-state index contributed by atoms with van der Waals surface area (Å²) in [5, 5.41) is 3.82. The number of benzene rings is 2. The molecule has 0 unspecified atom stereocenters. The second-order valence-electron chi connectivity index (χ2n) is 8.56. The molecule has 2 aromatic rings. The van der Waals surface area contributed by atoms with Gasteiger partial charge in [0.05, 0.1) is 25.8 Å². The van der Waals surface area contributed by atoms with E-state index in [1.165, 1.54) is 6.07 Å². The van der Waals surface area contributed by atoms with Crippen molar-refractivity contribution in [2.75, 3.05) is 5.32 Å². The monoisotopic (exact) mass is 489 g/mol. The highest BCUT2D eigenvalue weighted by Gasteiger charge is 2.27. The van der Waals surface area contributed by atoms with Crippen LogP contribution in [-0.2, 0) is 10.2 Å². The Kier molecular flexibility index (Phi) is 7.73. The Morgan fingerprint density at radius 3 is 2.00 bits per heavy atom. The third kappa shape index (κ3) is 6.52. The van der Waals surface area contributed by atoms with Gasteiger partial charge in [-0.2, -0.15) is 0 Å². The van der Waals surface area contributed by atoms with Gasteiger partial charge >= 0.3 is 6.09 Å². The van der Waals surface area contributed by atoms with Crippen molar-refractivity contribution in [3.8, 4) is 0 Å². The molecule has 1 amide bonds. The number of rotatable bonds is 5. The predicted octanol–water partition coefficient (Wildman–Crippen LogP) is 8.20. The lowest BCUT2D eigenvalue weighted by Crippen LogP contribution is -2.27. The predicted molar refractivity (Wildman–Crippen MR) is 125 cm³/mol. The van der Waals surface area contributed by atoms with Crippen molar-refractivity contribution in [2.24, 2.45) is 0 Å². The van der Waals surface area contributed by atoms with E-state index in [1.807, 2.05) is 13.8 Å². The number of Topliss-reactive ketones (excluding diaryl/α,β-unsaturated/α-hetero) is 1. The minimum Gasteiger partial charge on any atom is -0.444 e. The zero-order valence-electron chi connectivity index (χ0n) is 17.3. The SMILES string of the molecule is CC(C)(C)OC(=O)Nc1cc(C(=O)CC(C)(C)c2cc(Cl)c(Cl)c(Cl)c2)ccc1Cl. The Hall–Kier alpha value is -1.46. The number of carbonyl (C=O) groups excluding carboxylic acids is 2. The van der Waals surface area contributed by atoms with Crippen LogP contribution in [0, 0.1) is 0 Å². The van der Waals surface area contributed by atoms with E-state index in [1.54, 1.807) is 45.0 Å². The summed E-state index contributed by atoms with van der Waals surface area (Å²) in [5.41, 5.74) is 0.274. The van der Waals surface area contributed by atoms with Crippen molar-refractivity contribution >= 4 is 64.0 Å². The van der Waals surface area contributed by atoms with Gasteiger partial charge in [0, 0.05) is 12.0 Å². The highest BCUT2D eigenvalue weighted by Crippen LogP contribution is 2.37. The Balaban J connectivity index is 2.23. The van der Waals surface area contributed by atoms with Crippen LogP contribution in [0.5, 0.6) is 0 Å². The van der Waals surface area contributed by atoms with E-state index in [9.17, 15) is 9.59 Å². The Labute approximate surface area is 196 Å². The van der Waals surface area contributed by atoms with Gasteiger partial charge in [0.15, 0.2) is 5.78 Å². The molecule has 162 valence electrons. The van der Waals surface area contributed by atoms with Gasteiger partial charge in [0.2, 0.25) is 0 Å². The van der Waals surface area contributed by atoms with Crippen LogP contribution in [0.25, 0.3) is 0 Å². The molecule has 0 aliphatic rings. The number of anilines is 1. The van der Waals surface area contributed by atoms with Crippen molar-refractivity contribution in [1.29, 1.82) is 0 Å². The first-order valence-corrected chi connectivity index (χ1v) is 10.7. The zero-order valence-corrected chi connectivity index (χ0v) is 20.4. The van der Waals surface area contributed by atoms with Gasteiger partial charge in [-0.3, -0.25) is 10.1 Å². The highest BCUT2D eigenvalue weighted by atomic mass is 35.5. The normalized spacial score (nSPS) is 11.9. The van der Waals surface area contributed by atoms with Crippen LogP contribution in [0.15, 0.2) is 30.3 Å². The number of ketones is 1. The van der Waals surface area contributed by atoms with Crippen molar-refractivity contribution in [3.63, 3.8) is 0 Å². The second kappa shape index (κ2) is 9.35. The summed E-state index contributed by atoms with van der Waals surface area (Å²) in [5.74, 6) is -0.133. The van der Waals surface area contributed by atoms with Crippen molar-refractivity contribution in [2.45, 2.75) is 52.1 Å². The first-order chi connectivity index (χ1) is 13.7. The van der Waals surface area contributed by atoms with E-state index < -0.39 is 17.1 Å². The fraction of sp³-hybridized carbons (Fsp3) is 0.364. The number of ether oxygens (including phenoxy) is 1. The van der Waals surface area contributed by atoms with Crippen LogP contribution in [-0.4, -0.2) is 17.5 Å². The minimum atomic E-state index is -0.658. The first-order valence-electron chi connectivity index (χ1n) is 9.17. The number of nitrogens with one attached hydrogen (secondary N) is 1. The fourth-order valence-corrected chi connectivity index (χ4v) is 3.52. The molecule has 0 spiro atoms. The lowest BCUT2D eigenvalue weighted by atomic mass is 9.79. The molecule has 8 heteroatoms. The first kappa shape index (κ1) is 24.8. The van der Waals surface area contributed by atoms with Crippen LogP contribution in [0.4, 0.5) is 10.5 Å². The quantitative estimate of drug-likeness (QED) is 0.339. The summed E-state index contributed by atoms with van der Waals surface area (Å²) in [6, 6.07) is 8.13. The number of amides is 1. The smallest absolute Gasteiger partial charge is 0.412 e. The standard InChI is InChI=1S/C22H23Cl4NO3/c1-21(2,3)30-20(29)27-17-8-12(6-7-14(17)23)18(28)11-22(4,5)13-9-15(24)19(26)16(25)10-13/h6-10H,11H2,1-5H3,(H,27,29). The maximum absolute atomic E-state index is 13.0. The average Bonchev–Trinajstić information content (AvgIpc) is 2.59. The fourth-order valence-electron chi connectivity index (χ4n) is 2.76. The molecule has 2 rings (SSSR count). The van der Waals surface area contributed by atoms with E-state index in [2.05, 4.69) is 5.32 Å². The summed E-state index contributed by atoms with van der Waals surface area (Å²) >= 11 is 24.5. The van der Waals surface area contributed by atoms with Gasteiger partial charge < -0.3 is 4.74 Å². The summed E-state index contributed by atoms with van der Waals surface area (Å²) in [6.45, 7) is 9.09. The zero-order chi connectivity index (χ0) is 22.9. The molecule has 2 aromatic carbocycles. The van der Waals surface area contributed by atoms with Gasteiger partial charge in [-0.15, -0.1) is 0 Å². The number of hydrogen-bond donors (Lipinski definition) is 1. The Morgan fingerprint density at radius 1 is 0.900 bits per heavy atom. The molecule has 0 saturated carbocycles. The molecule has 1 N–H and O–H groups in total. The summed E-state index contributed by atoms with van der Waals surface area (Å²) < 4.78 is 5.24. The molecule has 0 aliphatic carbocycles. The number of hydrogen-bond acceptors (Lipinski definition) is 3. The topological polar surface area (TPSA) is 55.4 Å². The molecule has 0 aliphatic heterocycles. The van der Waals surface area contributed by atoms with Gasteiger partial charge in [-0.05, 0) is 62.1 Å². The molecule has 4 nitrogen and oxygen atoms in total. The van der Waals surface area contributed by atoms with Crippen LogP contribution in [0.3, 0.4) is 0 Å². The summed E-state index contributed by atoms with van der Waals surface area (Å²) in [7, 11) is 0. The summed E-state index contributed by atoms with van der Waals surface area (Å²) in [6.07, 6.45) is -0.478. The molecule has 0 saturated heterocycles. The van der Waals surface area contributed by atoms with Crippen LogP contribution in [0.1, 0.15) is 57.0 Å². The second-order valence-corrected chi connectivity index (χ2v) is 10.2. The van der Waals surface area contributed by atoms with E-state index in [4.69, 9.17) is 51.1 Å². The van der Waals surface area contributed by atoms with E-state index in [0.717, 1.165) is 5.56 Å². The van der Waals surface area contributed by atoms with Crippen molar-refractivity contribution in [3.05, 3.63) is 61.5 Å². The van der Waals surface area contributed by atoms with Crippen LogP contribution >= 0.6 is 46.4 Å². The van der Waals surface area contributed by atoms with E-state index in [0.29, 0.717) is 26.3 Å². The molecule has 0 aromatic heterocycles. The lowest BCUT2D eigenvalue weighted by molar-refractivity contribution is 0.0635. The van der Waals surface area contributed by atoms with Gasteiger partial charge in [-0.25, -0.2) is 4.79 Å². The molecular formula is C22H23Cl4NO3. The lowest BCUT2D eigenvalue weighted by Gasteiger charge is -2.25. The third-order valence-corrected chi connectivity index (χ3v) is 5.82. The molecule has 0 atom stereocenters. The van der Waals surface area contributed by atoms with Crippen LogP contribution in [0.2, 0.25) is 20.1 Å². The van der Waals surface area contributed by atoms with Crippen molar-refractivity contribution < 1.29 is 14.3 Å². The number of halogens is 4. The van der Waals surface area contributed by atoms with E-state index in [-0.39, 0.29) is 17.2 Å². The number of carbonyl (C=O) groups is 2. The van der Waals surface area contributed by atoms with Gasteiger partial charge in [0.25, 0.3) is 0 Å². The van der Waals surface area contributed by atoms with Crippen LogP contribution < -0.4 is 5.32 Å². The maximum atomic E-state index is 13.0. The largest absolute Gasteiger partial charge is 0.444 e. The molecule has 0 bridgehead atoms. The van der Waals surface area contributed by atoms with Gasteiger partial charge in [0.1, 0.15) is 5.60 Å². The third-order valence-electron chi connectivity index (χ3n) is 4.29. The maximum Gasteiger partial charge on any atom is 0.412 e. The van der Waals surface area contributed by atoms with Gasteiger partial charge in [-0.1, -0.05) is 60.3 Å². The molecule has 0 heterocycles. The molecule has 0 radical (unpaired) electrons. The Morgan fingerprint density at radius 2 is 1.47 bits per heavy atom. The average molecular weight is 491 g/mol. The molecular weight excluding hydrogens is 468 g/mol. The molecule has 30 heavy (non-hydrogen) atoms. The molecule has 0 fully saturated rings.